The minimum Gasteiger partial charge on any atom is -0.458 e. The Morgan fingerprint density at radius 2 is 1.97 bits per heavy atom. The molecule has 30 heavy (non-hydrogen) atoms. The van der Waals surface area contributed by atoms with E-state index < -0.39 is 35.5 Å². The molecule has 6 nitrogen and oxygen atoms in total. The molecule has 4 rings (SSSR count). The molecule has 2 N–H and O–H groups in total. The fourth-order valence-corrected chi connectivity index (χ4v) is 7.89. The number of ketones is 2. The van der Waals surface area contributed by atoms with Crippen molar-refractivity contribution in [1.29, 1.82) is 0 Å². The summed E-state index contributed by atoms with van der Waals surface area (Å²) < 4.78 is 4.93. The number of hydrogen-bond donors (Lipinski definition) is 2. The first kappa shape index (κ1) is 21.7. The molecule has 0 spiro atoms. The van der Waals surface area contributed by atoms with Gasteiger partial charge in [-0.3, -0.25) is 14.4 Å². The Bertz CT molecular complexity index is 817. The quantitative estimate of drug-likeness (QED) is 0.683. The molecule has 0 aliphatic heterocycles. The molecule has 3 fully saturated rings. The number of Topliss-reactive ketones (excluding diaryl/α,β-unsaturated/α-hetero) is 1. The minimum absolute atomic E-state index is 0.0294. The largest absolute Gasteiger partial charge is 0.458 e. The zero-order chi connectivity index (χ0) is 22.1. The van der Waals surface area contributed by atoms with Crippen molar-refractivity contribution in [2.45, 2.75) is 77.9 Å². The van der Waals surface area contributed by atoms with Crippen LogP contribution in [0.2, 0.25) is 0 Å². The average Bonchev–Trinajstić information content (AvgIpc) is 2.87. The van der Waals surface area contributed by atoms with Gasteiger partial charge in [-0.1, -0.05) is 26.3 Å². The minimum atomic E-state index is -1.63. The molecule has 4 aliphatic carbocycles. The van der Waals surface area contributed by atoms with Gasteiger partial charge in [0.15, 0.2) is 12.4 Å². The van der Waals surface area contributed by atoms with E-state index >= 15 is 0 Å². The summed E-state index contributed by atoms with van der Waals surface area (Å²) in [5.74, 6) is -0.798. The highest BCUT2D eigenvalue weighted by atomic mass is 16.5. The first-order valence-electron chi connectivity index (χ1n) is 11.3. The summed E-state index contributed by atoms with van der Waals surface area (Å²) >= 11 is 0. The van der Waals surface area contributed by atoms with Crippen LogP contribution in [-0.2, 0) is 19.1 Å². The second kappa shape index (κ2) is 6.99. The molecule has 6 heteroatoms. The number of fused-ring (bicyclic) bond motifs is 5. The fraction of sp³-hybridized carbons (Fsp3) is 0.792. The van der Waals surface area contributed by atoms with Crippen molar-refractivity contribution in [2.24, 2.45) is 34.5 Å². The van der Waals surface area contributed by atoms with E-state index in [0.29, 0.717) is 19.3 Å². The van der Waals surface area contributed by atoms with Gasteiger partial charge in [0.2, 0.25) is 5.78 Å². The van der Waals surface area contributed by atoms with Crippen LogP contribution in [0.5, 0.6) is 0 Å². The van der Waals surface area contributed by atoms with Gasteiger partial charge < -0.3 is 14.9 Å². The monoisotopic (exact) mass is 418 g/mol. The number of ether oxygens (including phenoxy) is 1. The number of aliphatic hydroxyl groups excluding tert-OH is 1. The number of allylic oxidation sites excluding steroid dienone is 1. The van der Waals surface area contributed by atoms with Crippen LogP contribution in [0.15, 0.2) is 11.6 Å². The maximum absolute atomic E-state index is 13.1. The molecule has 4 aliphatic rings. The van der Waals surface area contributed by atoms with Crippen molar-refractivity contribution in [2.75, 3.05) is 6.61 Å². The molecule has 0 aromatic heterocycles. The lowest BCUT2D eigenvalue weighted by Gasteiger charge is -2.60. The van der Waals surface area contributed by atoms with E-state index in [-0.39, 0.29) is 34.9 Å². The Morgan fingerprint density at radius 1 is 1.27 bits per heavy atom. The summed E-state index contributed by atoms with van der Waals surface area (Å²) in [7, 11) is 0. The van der Waals surface area contributed by atoms with E-state index in [1.807, 2.05) is 13.8 Å². The summed E-state index contributed by atoms with van der Waals surface area (Å²) in [6.07, 6.45) is 5.15. The molecule has 0 radical (unpaired) electrons. The van der Waals surface area contributed by atoms with Crippen molar-refractivity contribution in [3.63, 3.8) is 0 Å². The van der Waals surface area contributed by atoms with Gasteiger partial charge in [-0.25, -0.2) is 0 Å². The van der Waals surface area contributed by atoms with Crippen molar-refractivity contribution >= 4 is 17.5 Å². The first-order valence-corrected chi connectivity index (χ1v) is 11.3. The molecule has 3 saturated carbocycles. The number of aliphatic hydroxyl groups is 2. The number of hydrogen-bond acceptors (Lipinski definition) is 6. The molecule has 0 aromatic carbocycles. The predicted octanol–water partition coefficient (Wildman–Crippen LogP) is 2.60. The SMILES string of the molecule is CC(=O)OCC(=O)[C@@]1(O)[C@@H](C)C[C@H]2[C@@H]3CCC4=CC(=O)CC[C@]4(C)[C@H]3[C@@H](O)C[C@@]21C. The standard InChI is InChI=1S/C24H34O6/c1-13-9-18-17-6-5-15-10-16(26)7-8-22(15,3)21(17)19(27)11-23(18,4)24(13,29)20(28)12-30-14(2)25/h10,13,17-19,21,27,29H,5-9,11-12H2,1-4H3/t13-,17-,18-,19-,21+,22-,23-,24-/m0/s1. The van der Waals surface area contributed by atoms with Crippen molar-refractivity contribution in [1.82, 2.24) is 0 Å². The molecular formula is C24H34O6. The average molecular weight is 419 g/mol. The zero-order valence-electron chi connectivity index (χ0n) is 18.4. The van der Waals surface area contributed by atoms with Crippen molar-refractivity contribution in [3.8, 4) is 0 Å². The highest BCUT2D eigenvalue weighted by Crippen LogP contribution is 2.68. The smallest absolute Gasteiger partial charge is 0.303 e. The van der Waals surface area contributed by atoms with E-state index in [2.05, 4.69) is 6.92 Å². The summed E-state index contributed by atoms with van der Waals surface area (Å²) in [6.45, 7) is 6.83. The van der Waals surface area contributed by atoms with Gasteiger partial charge in [0.1, 0.15) is 5.60 Å². The lowest BCUT2D eigenvalue weighted by molar-refractivity contribution is -0.188. The topological polar surface area (TPSA) is 101 Å². The molecular weight excluding hydrogens is 384 g/mol. The van der Waals surface area contributed by atoms with Crippen LogP contribution in [0.4, 0.5) is 0 Å². The predicted molar refractivity (Wildman–Crippen MR) is 109 cm³/mol. The van der Waals surface area contributed by atoms with Gasteiger partial charge in [0.25, 0.3) is 0 Å². The second-order valence-electron chi connectivity index (χ2n) is 10.7. The van der Waals surface area contributed by atoms with Gasteiger partial charge in [-0.2, -0.15) is 0 Å². The third-order valence-electron chi connectivity index (χ3n) is 9.31. The summed E-state index contributed by atoms with van der Waals surface area (Å²) in [5.41, 5.74) is -1.44. The highest BCUT2D eigenvalue weighted by Gasteiger charge is 2.70. The lowest BCUT2D eigenvalue weighted by Crippen LogP contribution is -2.63. The Morgan fingerprint density at radius 3 is 2.63 bits per heavy atom. The van der Waals surface area contributed by atoms with Crippen LogP contribution in [0.3, 0.4) is 0 Å². The van der Waals surface area contributed by atoms with Crippen LogP contribution in [0.1, 0.15) is 66.2 Å². The van der Waals surface area contributed by atoms with Crippen LogP contribution >= 0.6 is 0 Å². The molecule has 0 unspecified atom stereocenters. The van der Waals surface area contributed by atoms with Gasteiger partial charge >= 0.3 is 5.97 Å². The first-order chi connectivity index (χ1) is 13.9. The Labute approximate surface area is 178 Å². The van der Waals surface area contributed by atoms with Gasteiger partial charge in [-0.05, 0) is 67.3 Å². The van der Waals surface area contributed by atoms with Gasteiger partial charge in [0, 0.05) is 18.8 Å². The fourth-order valence-electron chi connectivity index (χ4n) is 7.89. The third-order valence-corrected chi connectivity index (χ3v) is 9.31. The lowest BCUT2D eigenvalue weighted by atomic mass is 9.45. The van der Waals surface area contributed by atoms with E-state index in [1.165, 1.54) is 6.92 Å². The Kier molecular flexibility index (Phi) is 5.06. The molecule has 0 aromatic rings. The van der Waals surface area contributed by atoms with Gasteiger partial charge in [0.05, 0.1) is 6.10 Å². The maximum atomic E-state index is 13.1. The van der Waals surface area contributed by atoms with Gasteiger partial charge in [-0.15, -0.1) is 0 Å². The zero-order valence-corrected chi connectivity index (χ0v) is 18.4. The van der Waals surface area contributed by atoms with Crippen molar-refractivity contribution in [3.05, 3.63) is 11.6 Å². The number of carbonyl (C=O) groups is 3. The van der Waals surface area contributed by atoms with Crippen LogP contribution in [0, 0.1) is 34.5 Å². The van der Waals surface area contributed by atoms with E-state index in [9.17, 15) is 24.6 Å². The number of rotatable bonds is 3. The van der Waals surface area contributed by atoms with Crippen molar-refractivity contribution < 1.29 is 29.3 Å². The van der Waals surface area contributed by atoms with E-state index in [1.54, 1.807) is 6.08 Å². The summed E-state index contributed by atoms with van der Waals surface area (Å²) in [5, 5.41) is 23.1. The molecule has 166 valence electrons. The summed E-state index contributed by atoms with van der Waals surface area (Å²) in [4.78, 5) is 36.3. The van der Waals surface area contributed by atoms with Crippen LogP contribution in [0.25, 0.3) is 0 Å². The maximum Gasteiger partial charge on any atom is 0.303 e. The van der Waals surface area contributed by atoms with Crippen LogP contribution in [-0.4, -0.2) is 46.1 Å². The number of carbonyl (C=O) groups excluding carboxylic acids is 3. The van der Waals surface area contributed by atoms with E-state index in [0.717, 1.165) is 24.8 Å². The second-order valence-corrected chi connectivity index (χ2v) is 10.7. The normalized spacial score (nSPS) is 47.6. The third kappa shape index (κ3) is 2.79. The molecule has 0 heterocycles. The Hall–Kier alpha value is -1.53. The summed E-state index contributed by atoms with van der Waals surface area (Å²) in [6, 6.07) is 0. The Balaban J connectivity index is 1.69. The van der Waals surface area contributed by atoms with E-state index in [4.69, 9.17) is 4.74 Å². The molecule has 0 bridgehead atoms. The van der Waals surface area contributed by atoms with Crippen LogP contribution < -0.4 is 0 Å². The molecule has 0 amide bonds. The molecule has 0 saturated heterocycles. The highest BCUT2D eigenvalue weighted by molar-refractivity contribution is 5.92. The number of esters is 1. The molecule has 8 atom stereocenters.